The summed E-state index contributed by atoms with van der Waals surface area (Å²) in [4.78, 5) is 0. The smallest absolute Gasteiger partial charge is 0.0225 e. The predicted molar refractivity (Wildman–Crippen MR) is 48.5 cm³/mol. The predicted octanol–water partition coefficient (Wildman–Crippen LogP) is -1.09. The fraction of sp³-hybridized carbons (Fsp3) is 1.00. The maximum Gasteiger partial charge on any atom is 0.0225 e. The third-order valence-electron chi connectivity index (χ3n) is 1.30. The van der Waals surface area contributed by atoms with E-state index >= 15 is 0 Å². The molecular weight excluding hydrogens is 140 g/mol. The van der Waals surface area contributed by atoms with Gasteiger partial charge in [0.15, 0.2) is 0 Å². The molecule has 0 rings (SSSR count). The van der Waals surface area contributed by atoms with Gasteiger partial charge in [0.2, 0.25) is 0 Å². The van der Waals surface area contributed by atoms with Gasteiger partial charge in [0.25, 0.3) is 0 Å². The molecule has 0 atom stereocenters. The van der Waals surface area contributed by atoms with Crippen molar-refractivity contribution in [3.05, 3.63) is 0 Å². The highest BCUT2D eigenvalue weighted by Gasteiger charge is 1.83. The molecular formula is C7H20N4. The number of nitrogens with one attached hydrogen (secondary N) is 4. The highest BCUT2D eigenvalue weighted by atomic mass is 15.4. The summed E-state index contributed by atoms with van der Waals surface area (Å²) < 4.78 is 0. The normalized spacial score (nSPS) is 10.4. The lowest BCUT2D eigenvalue weighted by molar-refractivity contribution is 0.512. The third-order valence-corrected chi connectivity index (χ3v) is 1.30. The fourth-order valence-corrected chi connectivity index (χ4v) is 0.692. The molecule has 0 aliphatic rings. The molecule has 68 valence electrons. The van der Waals surface area contributed by atoms with Crippen LogP contribution in [0.15, 0.2) is 0 Å². The van der Waals surface area contributed by atoms with Crippen molar-refractivity contribution in [3.8, 4) is 0 Å². The van der Waals surface area contributed by atoms with Crippen molar-refractivity contribution in [2.24, 2.45) is 0 Å². The molecule has 0 amide bonds. The van der Waals surface area contributed by atoms with E-state index < -0.39 is 0 Å². The number of hydrogen-bond donors (Lipinski definition) is 4. The van der Waals surface area contributed by atoms with E-state index in [9.17, 15) is 0 Å². The molecule has 11 heavy (non-hydrogen) atoms. The molecule has 0 fully saturated rings. The Labute approximate surface area is 69.1 Å². The van der Waals surface area contributed by atoms with Gasteiger partial charge in [-0.1, -0.05) is 6.92 Å². The summed E-state index contributed by atoms with van der Waals surface area (Å²) in [5.41, 5.74) is 6.20. The van der Waals surface area contributed by atoms with Crippen molar-refractivity contribution in [2.45, 2.75) is 6.92 Å². The van der Waals surface area contributed by atoms with Crippen LogP contribution in [0.1, 0.15) is 6.92 Å². The van der Waals surface area contributed by atoms with E-state index in [4.69, 9.17) is 0 Å². The van der Waals surface area contributed by atoms with E-state index in [0.29, 0.717) is 0 Å². The zero-order valence-corrected chi connectivity index (χ0v) is 7.54. The first kappa shape index (κ1) is 10.8. The number of hydrazine groups is 1. The van der Waals surface area contributed by atoms with Gasteiger partial charge in [0.05, 0.1) is 0 Å². The Kier molecular flexibility index (Phi) is 9.70. The first-order valence-electron chi connectivity index (χ1n) is 4.22. The number of likely N-dealkylation sites (N-methyl/N-ethyl adjacent to an activating group) is 2. The first-order valence-corrected chi connectivity index (χ1v) is 4.22. The van der Waals surface area contributed by atoms with Crippen LogP contribution in [0.25, 0.3) is 0 Å². The number of hydrogen-bond acceptors (Lipinski definition) is 4. The highest BCUT2D eigenvalue weighted by molar-refractivity contribution is 4.47. The molecule has 0 radical (unpaired) electrons. The van der Waals surface area contributed by atoms with Gasteiger partial charge in [-0.3, -0.25) is 10.9 Å². The van der Waals surface area contributed by atoms with E-state index in [1.807, 2.05) is 7.05 Å². The molecule has 0 heterocycles. The summed E-state index contributed by atoms with van der Waals surface area (Å²) in [5.74, 6) is 0. The topological polar surface area (TPSA) is 48.1 Å². The minimum Gasteiger partial charge on any atom is -0.318 e. The molecule has 0 aliphatic heterocycles. The minimum atomic E-state index is 0.961. The first-order chi connectivity index (χ1) is 5.41. The fourth-order valence-electron chi connectivity index (χ4n) is 0.692. The molecule has 0 aromatic carbocycles. The average molecular weight is 160 g/mol. The molecule has 0 aromatic heterocycles. The SMILES string of the molecule is CCNCCNNCCNC. The van der Waals surface area contributed by atoms with Crippen LogP contribution in [0, 0.1) is 0 Å². The molecule has 4 nitrogen and oxygen atoms in total. The molecule has 0 saturated heterocycles. The zero-order valence-electron chi connectivity index (χ0n) is 7.54. The van der Waals surface area contributed by atoms with Crippen LogP contribution in [-0.4, -0.2) is 39.8 Å². The lowest BCUT2D eigenvalue weighted by Gasteiger charge is -2.06. The Hall–Kier alpha value is -0.160. The van der Waals surface area contributed by atoms with Gasteiger partial charge in [-0.25, -0.2) is 0 Å². The van der Waals surface area contributed by atoms with Crippen LogP contribution < -0.4 is 21.5 Å². The van der Waals surface area contributed by atoms with Crippen molar-refractivity contribution in [3.63, 3.8) is 0 Å². The van der Waals surface area contributed by atoms with Crippen molar-refractivity contribution < 1.29 is 0 Å². The highest BCUT2D eigenvalue weighted by Crippen LogP contribution is 1.55. The van der Waals surface area contributed by atoms with Gasteiger partial charge in [0.1, 0.15) is 0 Å². The molecule has 4 N–H and O–H groups in total. The lowest BCUT2D eigenvalue weighted by atomic mass is 10.6. The van der Waals surface area contributed by atoms with Gasteiger partial charge in [-0.15, -0.1) is 0 Å². The molecule has 0 bridgehead atoms. The molecule has 0 unspecified atom stereocenters. The van der Waals surface area contributed by atoms with Crippen molar-refractivity contribution in [1.82, 2.24) is 21.5 Å². The second kappa shape index (κ2) is 9.84. The van der Waals surface area contributed by atoms with Gasteiger partial charge < -0.3 is 10.6 Å². The summed E-state index contributed by atoms with van der Waals surface area (Å²) >= 11 is 0. The second-order valence-electron chi connectivity index (χ2n) is 2.31. The Morgan fingerprint density at radius 3 is 2.09 bits per heavy atom. The summed E-state index contributed by atoms with van der Waals surface area (Å²) in [7, 11) is 1.94. The number of rotatable bonds is 8. The maximum atomic E-state index is 3.22. The van der Waals surface area contributed by atoms with Crippen LogP contribution in [0.3, 0.4) is 0 Å². The van der Waals surface area contributed by atoms with Crippen molar-refractivity contribution in [2.75, 3.05) is 39.8 Å². The molecule has 0 aromatic rings. The van der Waals surface area contributed by atoms with Crippen molar-refractivity contribution in [1.29, 1.82) is 0 Å². The quantitative estimate of drug-likeness (QED) is 0.269. The summed E-state index contributed by atoms with van der Waals surface area (Å²) in [6, 6.07) is 0. The van der Waals surface area contributed by atoms with Crippen LogP contribution in [0.2, 0.25) is 0 Å². The molecule has 0 saturated carbocycles. The van der Waals surface area contributed by atoms with E-state index in [2.05, 4.69) is 28.4 Å². The van der Waals surface area contributed by atoms with Gasteiger partial charge in [-0.05, 0) is 13.6 Å². The largest absolute Gasteiger partial charge is 0.318 e. The molecule has 0 spiro atoms. The van der Waals surface area contributed by atoms with E-state index in [1.165, 1.54) is 0 Å². The monoisotopic (exact) mass is 160 g/mol. The van der Waals surface area contributed by atoms with Crippen LogP contribution in [-0.2, 0) is 0 Å². The second-order valence-corrected chi connectivity index (χ2v) is 2.31. The summed E-state index contributed by atoms with van der Waals surface area (Å²) in [5, 5.41) is 6.27. The Morgan fingerprint density at radius 1 is 0.909 bits per heavy atom. The average Bonchev–Trinajstić information content (AvgIpc) is 2.03. The standard InChI is InChI=1S/C7H20N4/c1-3-9-5-7-11-10-6-4-8-2/h8-11H,3-7H2,1-2H3. The van der Waals surface area contributed by atoms with E-state index in [1.54, 1.807) is 0 Å². The maximum absolute atomic E-state index is 3.22. The van der Waals surface area contributed by atoms with Crippen molar-refractivity contribution >= 4 is 0 Å². The Bertz CT molecular complexity index is 59.5. The molecule has 4 heteroatoms. The van der Waals surface area contributed by atoms with Gasteiger partial charge in [0, 0.05) is 26.2 Å². The Balaban J connectivity index is 2.69. The van der Waals surface area contributed by atoms with Crippen LogP contribution in [0.5, 0.6) is 0 Å². The van der Waals surface area contributed by atoms with Gasteiger partial charge in [-0.2, -0.15) is 0 Å². The zero-order chi connectivity index (χ0) is 8.36. The minimum absolute atomic E-state index is 0.961. The van der Waals surface area contributed by atoms with E-state index in [-0.39, 0.29) is 0 Å². The van der Waals surface area contributed by atoms with E-state index in [0.717, 1.165) is 32.7 Å². The third kappa shape index (κ3) is 9.84. The molecule has 0 aliphatic carbocycles. The van der Waals surface area contributed by atoms with Gasteiger partial charge >= 0.3 is 0 Å². The summed E-state index contributed by atoms with van der Waals surface area (Å²) in [6.07, 6.45) is 0. The van der Waals surface area contributed by atoms with Crippen LogP contribution >= 0.6 is 0 Å². The lowest BCUT2D eigenvalue weighted by Crippen LogP contribution is -2.40. The summed E-state index contributed by atoms with van der Waals surface area (Å²) in [6.45, 7) is 7.09. The Morgan fingerprint density at radius 2 is 1.55 bits per heavy atom. The van der Waals surface area contributed by atoms with Crippen LogP contribution in [0.4, 0.5) is 0 Å².